The molecule has 0 radical (unpaired) electrons. The van der Waals surface area contributed by atoms with Crippen LogP contribution in [-0.2, 0) is 19.1 Å². The molecule has 0 aromatic carbocycles. The van der Waals surface area contributed by atoms with E-state index < -0.39 is 5.60 Å². The molecule has 0 heterocycles. The van der Waals surface area contributed by atoms with Crippen LogP contribution in [0.4, 0.5) is 0 Å². The van der Waals surface area contributed by atoms with Gasteiger partial charge in [0.1, 0.15) is 5.60 Å². The molecule has 0 rings (SSSR count). The van der Waals surface area contributed by atoms with Crippen LogP contribution in [0.2, 0.25) is 0 Å². The van der Waals surface area contributed by atoms with Crippen LogP contribution >= 0.6 is 0 Å². The molecule has 0 aliphatic rings. The van der Waals surface area contributed by atoms with Gasteiger partial charge in [0.05, 0.1) is 7.11 Å². The minimum Gasteiger partial charge on any atom is -0.469 e. The van der Waals surface area contributed by atoms with Gasteiger partial charge >= 0.3 is 11.9 Å². The molecule has 5 nitrogen and oxygen atoms in total. The highest BCUT2D eigenvalue weighted by Crippen LogP contribution is 2.11. The average Bonchev–Trinajstić information content (AvgIpc) is 2.14. The first-order chi connectivity index (χ1) is 7.35. The molecule has 0 aromatic heterocycles. The maximum absolute atomic E-state index is 11.3. The molecule has 0 aliphatic carbocycles. The van der Waals surface area contributed by atoms with Crippen LogP contribution in [0.15, 0.2) is 0 Å². The van der Waals surface area contributed by atoms with Gasteiger partial charge in [-0.2, -0.15) is 0 Å². The van der Waals surface area contributed by atoms with E-state index in [1.807, 2.05) is 20.8 Å². The Kier molecular flexibility index (Phi) is 9.66. The lowest BCUT2D eigenvalue weighted by atomic mass is 10.1. The quantitative estimate of drug-likeness (QED) is 0.575. The summed E-state index contributed by atoms with van der Waals surface area (Å²) in [6.07, 6.45) is 3.19. The van der Waals surface area contributed by atoms with E-state index in [0.29, 0.717) is 12.8 Å². The number of methoxy groups -OCH3 is 1. The Labute approximate surface area is 103 Å². The Balaban J connectivity index is 0. The van der Waals surface area contributed by atoms with Gasteiger partial charge in [-0.25, -0.2) is 0 Å². The Morgan fingerprint density at radius 1 is 0.941 bits per heavy atom. The van der Waals surface area contributed by atoms with Gasteiger partial charge in [0, 0.05) is 12.8 Å². The Hall–Kier alpha value is -1.10. The van der Waals surface area contributed by atoms with Crippen molar-refractivity contribution in [3.8, 4) is 0 Å². The summed E-state index contributed by atoms with van der Waals surface area (Å²) >= 11 is 0. The second-order valence-corrected chi connectivity index (χ2v) is 4.72. The van der Waals surface area contributed by atoms with E-state index in [1.165, 1.54) is 7.11 Å². The standard InChI is InChI=1S/C12H22O4.H3N/c1-12(2,3)16-11(14)9-7-5-6-8-10(13)15-4;/h5-9H2,1-4H3;1H3. The second kappa shape index (κ2) is 8.98. The summed E-state index contributed by atoms with van der Waals surface area (Å²) in [7, 11) is 1.38. The molecule has 0 amide bonds. The second-order valence-electron chi connectivity index (χ2n) is 4.72. The number of hydrogen-bond donors (Lipinski definition) is 1. The molecule has 0 saturated carbocycles. The van der Waals surface area contributed by atoms with Gasteiger partial charge in [-0.15, -0.1) is 0 Å². The van der Waals surface area contributed by atoms with Crippen molar-refractivity contribution in [2.24, 2.45) is 0 Å². The summed E-state index contributed by atoms with van der Waals surface area (Å²) in [4.78, 5) is 22.1. The fourth-order valence-corrected chi connectivity index (χ4v) is 1.21. The molecule has 0 unspecified atom stereocenters. The van der Waals surface area contributed by atoms with Crippen molar-refractivity contribution in [2.45, 2.75) is 58.5 Å². The summed E-state index contributed by atoms with van der Waals surface area (Å²) < 4.78 is 9.67. The van der Waals surface area contributed by atoms with E-state index in [-0.39, 0.29) is 18.1 Å². The van der Waals surface area contributed by atoms with Crippen molar-refractivity contribution in [3.63, 3.8) is 0 Å². The van der Waals surface area contributed by atoms with Gasteiger partial charge < -0.3 is 15.6 Å². The van der Waals surface area contributed by atoms with Crippen LogP contribution in [0.25, 0.3) is 0 Å². The van der Waals surface area contributed by atoms with Crippen LogP contribution < -0.4 is 6.15 Å². The van der Waals surface area contributed by atoms with Gasteiger partial charge in [-0.1, -0.05) is 6.42 Å². The molecule has 5 heteroatoms. The predicted octanol–water partition coefficient (Wildman–Crippen LogP) is 2.61. The highest BCUT2D eigenvalue weighted by atomic mass is 16.6. The normalized spacial score (nSPS) is 10.4. The minimum absolute atomic E-state index is 0. The SMILES string of the molecule is COC(=O)CCCCCC(=O)OC(C)(C)C.N. The van der Waals surface area contributed by atoms with Crippen molar-refractivity contribution in [3.05, 3.63) is 0 Å². The number of carbonyl (C=O) groups excluding carboxylic acids is 2. The molecule has 102 valence electrons. The summed E-state index contributed by atoms with van der Waals surface area (Å²) in [5.74, 6) is -0.372. The maximum Gasteiger partial charge on any atom is 0.306 e. The first-order valence-corrected chi connectivity index (χ1v) is 5.64. The van der Waals surface area contributed by atoms with Gasteiger partial charge in [0.25, 0.3) is 0 Å². The van der Waals surface area contributed by atoms with Crippen molar-refractivity contribution in [2.75, 3.05) is 7.11 Å². The Bertz CT molecular complexity index is 233. The van der Waals surface area contributed by atoms with E-state index in [1.54, 1.807) is 0 Å². The number of esters is 2. The summed E-state index contributed by atoms with van der Waals surface area (Å²) in [5, 5.41) is 0. The molecule has 0 saturated heterocycles. The van der Waals surface area contributed by atoms with Crippen molar-refractivity contribution in [1.29, 1.82) is 0 Å². The number of rotatable bonds is 6. The molecule has 0 atom stereocenters. The van der Waals surface area contributed by atoms with Crippen LogP contribution in [0.1, 0.15) is 52.9 Å². The lowest BCUT2D eigenvalue weighted by molar-refractivity contribution is -0.154. The van der Waals surface area contributed by atoms with Crippen LogP contribution in [0.3, 0.4) is 0 Å². The van der Waals surface area contributed by atoms with Gasteiger partial charge in [-0.3, -0.25) is 9.59 Å². The first-order valence-electron chi connectivity index (χ1n) is 5.64. The topological polar surface area (TPSA) is 87.6 Å². The Morgan fingerprint density at radius 3 is 1.82 bits per heavy atom. The molecule has 3 N–H and O–H groups in total. The molecule has 0 fully saturated rings. The number of hydrogen-bond acceptors (Lipinski definition) is 5. The van der Waals surface area contributed by atoms with Gasteiger partial charge in [0.15, 0.2) is 0 Å². The van der Waals surface area contributed by atoms with Gasteiger partial charge in [0.2, 0.25) is 0 Å². The fourth-order valence-electron chi connectivity index (χ4n) is 1.21. The number of unbranched alkanes of at least 4 members (excludes halogenated alkanes) is 2. The summed E-state index contributed by atoms with van der Waals surface area (Å²) in [6, 6.07) is 0. The minimum atomic E-state index is -0.414. The summed E-state index contributed by atoms with van der Waals surface area (Å²) in [6.45, 7) is 5.55. The number of ether oxygens (including phenoxy) is 2. The van der Waals surface area contributed by atoms with Crippen LogP contribution in [-0.4, -0.2) is 24.6 Å². The molecular weight excluding hydrogens is 222 g/mol. The number of carbonyl (C=O) groups is 2. The third-order valence-corrected chi connectivity index (χ3v) is 1.91. The van der Waals surface area contributed by atoms with Crippen LogP contribution in [0.5, 0.6) is 0 Å². The maximum atomic E-state index is 11.3. The average molecular weight is 247 g/mol. The molecular formula is C12H25NO4. The fraction of sp³-hybridized carbons (Fsp3) is 0.833. The van der Waals surface area contributed by atoms with Crippen molar-refractivity contribution < 1.29 is 19.1 Å². The van der Waals surface area contributed by atoms with E-state index in [0.717, 1.165) is 19.3 Å². The lowest BCUT2D eigenvalue weighted by Crippen LogP contribution is -2.23. The molecule has 0 aromatic rings. The zero-order chi connectivity index (χ0) is 12.6. The van der Waals surface area contributed by atoms with E-state index in [2.05, 4.69) is 4.74 Å². The molecule has 0 spiro atoms. The van der Waals surface area contributed by atoms with Gasteiger partial charge in [-0.05, 0) is 33.6 Å². The molecule has 0 bridgehead atoms. The lowest BCUT2D eigenvalue weighted by Gasteiger charge is -2.19. The first kappa shape index (κ1) is 18.3. The highest BCUT2D eigenvalue weighted by Gasteiger charge is 2.15. The smallest absolute Gasteiger partial charge is 0.306 e. The Morgan fingerprint density at radius 2 is 1.41 bits per heavy atom. The zero-order valence-electron chi connectivity index (χ0n) is 11.4. The molecule has 0 aliphatic heterocycles. The third kappa shape index (κ3) is 12.8. The highest BCUT2D eigenvalue weighted by molar-refractivity contribution is 5.70. The van der Waals surface area contributed by atoms with E-state index in [9.17, 15) is 9.59 Å². The third-order valence-electron chi connectivity index (χ3n) is 1.91. The molecule has 17 heavy (non-hydrogen) atoms. The van der Waals surface area contributed by atoms with Crippen molar-refractivity contribution in [1.82, 2.24) is 6.15 Å². The van der Waals surface area contributed by atoms with E-state index in [4.69, 9.17) is 4.74 Å². The van der Waals surface area contributed by atoms with E-state index >= 15 is 0 Å². The van der Waals surface area contributed by atoms with Crippen molar-refractivity contribution >= 4 is 11.9 Å². The zero-order valence-corrected chi connectivity index (χ0v) is 11.4. The largest absolute Gasteiger partial charge is 0.469 e. The monoisotopic (exact) mass is 247 g/mol. The van der Waals surface area contributed by atoms with Crippen LogP contribution in [0, 0.1) is 0 Å². The summed E-state index contributed by atoms with van der Waals surface area (Å²) in [5.41, 5.74) is -0.414. The predicted molar refractivity (Wildman–Crippen MR) is 66.0 cm³/mol.